The Kier molecular flexibility index (Phi) is 3.05. The summed E-state index contributed by atoms with van der Waals surface area (Å²) >= 11 is 0. The van der Waals surface area contributed by atoms with Crippen LogP contribution in [0.25, 0.3) is 0 Å². The summed E-state index contributed by atoms with van der Waals surface area (Å²) in [7, 11) is 0. The van der Waals surface area contributed by atoms with Crippen molar-refractivity contribution in [1.29, 1.82) is 0 Å². The topological polar surface area (TPSA) is 20.2 Å². The Balaban J connectivity index is 1.64. The molecule has 4 aliphatic rings. The molecule has 0 aromatic rings. The second-order valence-corrected chi connectivity index (χ2v) is 9.18. The van der Waals surface area contributed by atoms with Gasteiger partial charge in [0.1, 0.15) is 0 Å². The molecule has 7 atom stereocenters. The van der Waals surface area contributed by atoms with Gasteiger partial charge in [0.25, 0.3) is 0 Å². The van der Waals surface area contributed by atoms with Crippen LogP contribution in [0.1, 0.15) is 78.1 Å². The minimum absolute atomic E-state index is 0.00751. The quantitative estimate of drug-likeness (QED) is 0.675. The van der Waals surface area contributed by atoms with E-state index in [9.17, 15) is 5.11 Å². The molecule has 0 heterocycles. The van der Waals surface area contributed by atoms with E-state index in [0.29, 0.717) is 10.8 Å². The van der Waals surface area contributed by atoms with Crippen LogP contribution in [0.2, 0.25) is 0 Å². The maximum absolute atomic E-state index is 10.2. The molecular formula is C19H32O. The highest BCUT2D eigenvalue weighted by molar-refractivity contribution is 5.07. The number of aliphatic hydroxyl groups is 1. The second-order valence-electron chi connectivity index (χ2n) is 9.18. The van der Waals surface area contributed by atoms with Crippen molar-refractivity contribution in [2.45, 2.75) is 84.2 Å². The van der Waals surface area contributed by atoms with Gasteiger partial charge in [0.15, 0.2) is 0 Å². The summed E-state index contributed by atoms with van der Waals surface area (Å²) in [6.07, 6.45) is 13.8. The van der Waals surface area contributed by atoms with Crippen molar-refractivity contribution in [2.24, 2.45) is 34.5 Å². The highest BCUT2D eigenvalue weighted by Gasteiger charge is 2.57. The van der Waals surface area contributed by atoms with Gasteiger partial charge >= 0.3 is 0 Å². The number of hydrogen-bond acceptors (Lipinski definition) is 1. The third-order valence-electron chi connectivity index (χ3n) is 8.37. The first-order chi connectivity index (χ1) is 9.53. The lowest BCUT2D eigenvalue weighted by molar-refractivity contribution is -0.124. The summed E-state index contributed by atoms with van der Waals surface area (Å²) in [6, 6.07) is 0. The molecule has 1 N–H and O–H groups in total. The summed E-state index contributed by atoms with van der Waals surface area (Å²) in [5.74, 6) is 3.84. The lowest BCUT2D eigenvalue weighted by Gasteiger charge is -2.60. The van der Waals surface area contributed by atoms with E-state index < -0.39 is 0 Å². The largest absolute Gasteiger partial charge is 0.393 e. The summed E-state index contributed by atoms with van der Waals surface area (Å²) in [6.45, 7) is 5.14. The van der Waals surface area contributed by atoms with E-state index in [-0.39, 0.29) is 6.10 Å². The smallest absolute Gasteiger partial charge is 0.0545 e. The fraction of sp³-hybridized carbons (Fsp3) is 1.00. The molecule has 0 saturated heterocycles. The van der Waals surface area contributed by atoms with Crippen molar-refractivity contribution >= 4 is 0 Å². The normalized spacial score (nSPS) is 58.6. The lowest BCUT2D eigenvalue weighted by Crippen LogP contribution is -2.53. The Labute approximate surface area is 124 Å². The molecule has 4 rings (SSSR count). The predicted molar refractivity (Wildman–Crippen MR) is 82.4 cm³/mol. The Morgan fingerprint density at radius 3 is 2.50 bits per heavy atom. The summed E-state index contributed by atoms with van der Waals surface area (Å²) in [5.41, 5.74) is 1.14. The Morgan fingerprint density at radius 2 is 1.65 bits per heavy atom. The Bertz CT molecular complexity index is 391. The molecule has 4 fully saturated rings. The van der Waals surface area contributed by atoms with Crippen molar-refractivity contribution in [3.63, 3.8) is 0 Å². The molecule has 20 heavy (non-hydrogen) atoms. The fourth-order valence-corrected chi connectivity index (χ4v) is 7.32. The van der Waals surface area contributed by atoms with Crippen LogP contribution >= 0.6 is 0 Å². The molecule has 0 bridgehead atoms. The summed E-state index contributed by atoms with van der Waals surface area (Å²) < 4.78 is 0. The lowest BCUT2D eigenvalue weighted by atomic mass is 9.45. The zero-order valence-electron chi connectivity index (χ0n) is 13.4. The average molecular weight is 276 g/mol. The van der Waals surface area contributed by atoms with Crippen LogP contribution in [-0.4, -0.2) is 11.2 Å². The van der Waals surface area contributed by atoms with Gasteiger partial charge in [-0.05, 0) is 92.3 Å². The van der Waals surface area contributed by atoms with Gasteiger partial charge < -0.3 is 5.11 Å². The van der Waals surface area contributed by atoms with Crippen molar-refractivity contribution in [2.75, 3.05) is 0 Å². The number of hydrogen-bond donors (Lipinski definition) is 1. The van der Waals surface area contributed by atoms with E-state index in [0.717, 1.165) is 36.5 Å². The zero-order valence-corrected chi connectivity index (χ0v) is 13.4. The third kappa shape index (κ3) is 1.77. The van der Waals surface area contributed by atoms with Gasteiger partial charge in [-0.15, -0.1) is 0 Å². The number of aliphatic hydroxyl groups excluding tert-OH is 1. The molecule has 0 unspecified atom stereocenters. The molecule has 0 aliphatic heterocycles. The predicted octanol–water partition coefficient (Wildman–Crippen LogP) is 4.78. The first-order valence-electron chi connectivity index (χ1n) is 9.21. The number of rotatable bonds is 0. The monoisotopic (exact) mass is 276 g/mol. The minimum Gasteiger partial charge on any atom is -0.393 e. The van der Waals surface area contributed by atoms with Gasteiger partial charge in [-0.3, -0.25) is 0 Å². The van der Waals surface area contributed by atoms with Gasteiger partial charge in [-0.25, -0.2) is 0 Å². The average Bonchev–Trinajstić information content (AvgIpc) is 2.79. The molecule has 0 amide bonds. The van der Waals surface area contributed by atoms with E-state index >= 15 is 0 Å². The van der Waals surface area contributed by atoms with Gasteiger partial charge in [0.2, 0.25) is 0 Å². The van der Waals surface area contributed by atoms with Gasteiger partial charge in [0.05, 0.1) is 6.10 Å². The first kappa shape index (κ1) is 13.6. The van der Waals surface area contributed by atoms with E-state index in [4.69, 9.17) is 0 Å². The van der Waals surface area contributed by atoms with Crippen molar-refractivity contribution in [1.82, 2.24) is 0 Å². The zero-order chi connectivity index (χ0) is 14.0. The van der Waals surface area contributed by atoms with Crippen LogP contribution < -0.4 is 0 Å². The fourth-order valence-electron chi connectivity index (χ4n) is 7.32. The molecule has 4 aliphatic carbocycles. The van der Waals surface area contributed by atoms with Gasteiger partial charge in [-0.2, -0.15) is 0 Å². The van der Waals surface area contributed by atoms with E-state index in [1.807, 2.05) is 0 Å². The maximum Gasteiger partial charge on any atom is 0.0545 e. The van der Waals surface area contributed by atoms with Crippen molar-refractivity contribution in [3.05, 3.63) is 0 Å². The molecule has 1 nitrogen and oxygen atoms in total. The SMILES string of the molecule is C[C@@]12CCC[C@H]1[C@@H]1CC[C@H]3CC[C@@H](O)C[C@]3(C)[C@H]1CC2. The third-order valence-corrected chi connectivity index (χ3v) is 8.37. The van der Waals surface area contributed by atoms with E-state index in [1.165, 1.54) is 51.4 Å². The van der Waals surface area contributed by atoms with Crippen LogP contribution in [-0.2, 0) is 0 Å². The minimum atomic E-state index is -0.00751. The summed E-state index contributed by atoms with van der Waals surface area (Å²) in [5, 5.41) is 10.2. The van der Waals surface area contributed by atoms with Crippen molar-refractivity contribution < 1.29 is 5.11 Å². The maximum atomic E-state index is 10.2. The standard InChI is InChI=1S/C19H32O/c1-18-10-3-4-16(18)15-8-6-13-5-7-14(20)12-19(13,2)17(15)9-11-18/h13-17,20H,3-12H2,1-2H3/t13-,14-,15+,16+,17+,18+,19+/m1/s1. The highest BCUT2D eigenvalue weighted by atomic mass is 16.3. The molecule has 0 radical (unpaired) electrons. The second kappa shape index (κ2) is 4.48. The first-order valence-corrected chi connectivity index (χ1v) is 9.21. The van der Waals surface area contributed by atoms with Crippen LogP contribution in [0, 0.1) is 34.5 Å². The van der Waals surface area contributed by atoms with E-state index in [2.05, 4.69) is 13.8 Å². The van der Waals surface area contributed by atoms with Gasteiger partial charge in [-0.1, -0.05) is 20.3 Å². The molecule has 0 aromatic carbocycles. The molecule has 1 heteroatoms. The molecule has 4 saturated carbocycles. The number of fused-ring (bicyclic) bond motifs is 5. The van der Waals surface area contributed by atoms with Gasteiger partial charge in [0, 0.05) is 0 Å². The Morgan fingerprint density at radius 1 is 0.850 bits per heavy atom. The molecule has 0 spiro atoms. The van der Waals surface area contributed by atoms with E-state index in [1.54, 1.807) is 0 Å². The van der Waals surface area contributed by atoms with Crippen LogP contribution in [0.4, 0.5) is 0 Å². The Hall–Kier alpha value is -0.0400. The highest BCUT2D eigenvalue weighted by Crippen LogP contribution is 2.66. The van der Waals surface area contributed by atoms with Crippen molar-refractivity contribution in [3.8, 4) is 0 Å². The molecule has 0 aromatic heterocycles. The van der Waals surface area contributed by atoms with Crippen LogP contribution in [0.15, 0.2) is 0 Å². The summed E-state index contributed by atoms with van der Waals surface area (Å²) in [4.78, 5) is 0. The molecular weight excluding hydrogens is 244 g/mol. The molecule has 114 valence electrons. The van der Waals surface area contributed by atoms with Crippen LogP contribution in [0.3, 0.4) is 0 Å². The van der Waals surface area contributed by atoms with Crippen LogP contribution in [0.5, 0.6) is 0 Å².